The summed E-state index contributed by atoms with van der Waals surface area (Å²) in [6.45, 7) is 2.09. The Labute approximate surface area is 75.9 Å². The van der Waals surface area contributed by atoms with Crippen molar-refractivity contribution in [2.75, 3.05) is 0 Å². The number of aryl methyl sites for hydroxylation is 1. The molecule has 0 aliphatic heterocycles. The van der Waals surface area contributed by atoms with E-state index in [2.05, 4.69) is 6.92 Å². The van der Waals surface area contributed by atoms with Gasteiger partial charge in [-0.05, 0) is 24.1 Å². The third-order valence-electron chi connectivity index (χ3n) is 2.01. The van der Waals surface area contributed by atoms with E-state index in [4.69, 9.17) is 16.0 Å². The Kier molecular flexibility index (Phi) is 1.81. The van der Waals surface area contributed by atoms with Gasteiger partial charge in [0.15, 0.2) is 0 Å². The summed E-state index contributed by atoms with van der Waals surface area (Å²) in [4.78, 5) is 0. The maximum atomic E-state index is 6.02. The monoisotopic (exact) mass is 180 g/mol. The van der Waals surface area contributed by atoms with Gasteiger partial charge in [0.2, 0.25) is 0 Å². The number of hydrogen-bond donors (Lipinski definition) is 0. The summed E-state index contributed by atoms with van der Waals surface area (Å²) in [5.74, 6) is 0. The lowest BCUT2D eigenvalue weighted by Gasteiger charge is -1.93. The maximum Gasteiger partial charge on any atom is 0.135 e. The Morgan fingerprint density at radius 1 is 1.42 bits per heavy atom. The molecule has 1 heterocycles. The van der Waals surface area contributed by atoms with Gasteiger partial charge in [-0.1, -0.05) is 24.6 Å². The number of rotatable bonds is 1. The van der Waals surface area contributed by atoms with Crippen molar-refractivity contribution in [1.29, 1.82) is 0 Å². The molecule has 12 heavy (non-hydrogen) atoms. The molecule has 62 valence electrons. The highest BCUT2D eigenvalue weighted by molar-refractivity contribution is 6.35. The van der Waals surface area contributed by atoms with E-state index in [0.29, 0.717) is 0 Å². The molecule has 0 bridgehead atoms. The first-order chi connectivity index (χ1) is 5.83. The highest BCUT2D eigenvalue weighted by Gasteiger charge is 2.06. The van der Waals surface area contributed by atoms with Crippen LogP contribution in [-0.2, 0) is 6.42 Å². The Morgan fingerprint density at radius 3 is 3.00 bits per heavy atom. The predicted molar refractivity (Wildman–Crippen MR) is 50.6 cm³/mol. The molecule has 0 spiro atoms. The van der Waals surface area contributed by atoms with E-state index in [9.17, 15) is 0 Å². The van der Waals surface area contributed by atoms with Gasteiger partial charge in [-0.25, -0.2) is 0 Å². The van der Waals surface area contributed by atoms with E-state index < -0.39 is 0 Å². The van der Waals surface area contributed by atoms with E-state index in [1.165, 1.54) is 5.56 Å². The van der Waals surface area contributed by atoms with Gasteiger partial charge >= 0.3 is 0 Å². The molecule has 2 aromatic rings. The molecule has 0 unspecified atom stereocenters. The SMILES string of the molecule is CCc1coc2cccc(Cl)c12. The Morgan fingerprint density at radius 2 is 2.25 bits per heavy atom. The van der Waals surface area contributed by atoms with Gasteiger partial charge in [0, 0.05) is 5.39 Å². The fourth-order valence-electron chi connectivity index (χ4n) is 1.37. The topological polar surface area (TPSA) is 13.1 Å². The summed E-state index contributed by atoms with van der Waals surface area (Å²) in [7, 11) is 0. The first kappa shape index (κ1) is 7.69. The number of halogens is 1. The molecule has 0 atom stereocenters. The first-order valence-electron chi connectivity index (χ1n) is 3.97. The summed E-state index contributed by atoms with van der Waals surface area (Å²) in [6, 6.07) is 5.71. The van der Waals surface area contributed by atoms with Crippen molar-refractivity contribution in [3.63, 3.8) is 0 Å². The smallest absolute Gasteiger partial charge is 0.135 e. The van der Waals surface area contributed by atoms with Crippen LogP contribution in [0, 0.1) is 0 Å². The zero-order valence-electron chi connectivity index (χ0n) is 6.80. The zero-order chi connectivity index (χ0) is 8.55. The van der Waals surface area contributed by atoms with Crippen LogP contribution in [0.3, 0.4) is 0 Å². The van der Waals surface area contributed by atoms with Crippen molar-refractivity contribution < 1.29 is 4.42 Å². The van der Waals surface area contributed by atoms with Crippen LogP contribution in [0.1, 0.15) is 12.5 Å². The van der Waals surface area contributed by atoms with Crippen molar-refractivity contribution in [2.24, 2.45) is 0 Å². The van der Waals surface area contributed by atoms with Crippen LogP contribution < -0.4 is 0 Å². The molecule has 1 aromatic heterocycles. The lowest BCUT2D eigenvalue weighted by molar-refractivity contribution is 0.611. The van der Waals surface area contributed by atoms with Crippen LogP contribution in [0.5, 0.6) is 0 Å². The van der Waals surface area contributed by atoms with Crippen molar-refractivity contribution in [1.82, 2.24) is 0 Å². The van der Waals surface area contributed by atoms with E-state index in [1.807, 2.05) is 18.2 Å². The van der Waals surface area contributed by atoms with Gasteiger partial charge in [0.05, 0.1) is 11.3 Å². The summed E-state index contributed by atoms with van der Waals surface area (Å²) in [5.41, 5.74) is 2.05. The molecule has 0 radical (unpaired) electrons. The minimum Gasteiger partial charge on any atom is -0.464 e. The van der Waals surface area contributed by atoms with E-state index in [0.717, 1.165) is 22.4 Å². The minimum absolute atomic E-state index is 0.776. The standard InChI is InChI=1S/C10H9ClO/c1-2-7-6-12-9-5-3-4-8(11)10(7)9/h3-6H,2H2,1H3. The van der Waals surface area contributed by atoms with E-state index in [-0.39, 0.29) is 0 Å². The first-order valence-corrected chi connectivity index (χ1v) is 4.35. The molecule has 0 saturated carbocycles. The van der Waals surface area contributed by atoms with Crippen molar-refractivity contribution >= 4 is 22.6 Å². The van der Waals surface area contributed by atoms with Crippen molar-refractivity contribution in [3.8, 4) is 0 Å². The summed E-state index contributed by atoms with van der Waals surface area (Å²) in [6.07, 6.45) is 2.73. The molecule has 2 rings (SSSR count). The quantitative estimate of drug-likeness (QED) is 0.653. The van der Waals surface area contributed by atoms with Crippen LogP contribution in [0.25, 0.3) is 11.0 Å². The van der Waals surface area contributed by atoms with Crippen LogP contribution in [0.15, 0.2) is 28.9 Å². The van der Waals surface area contributed by atoms with Crippen LogP contribution in [0.4, 0.5) is 0 Å². The Hall–Kier alpha value is -0.950. The summed E-state index contributed by atoms with van der Waals surface area (Å²) >= 11 is 6.02. The molecular formula is C10H9ClO. The van der Waals surface area contributed by atoms with Gasteiger partial charge in [0.25, 0.3) is 0 Å². The Bertz CT molecular complexity index is 403. The fraction of sp³-hybridized carbons (Fsp3) is 0.200. The highest BCUT2D eigenvalue weighted by atomic mass is 35.5. The summed E-state index contributed by atoms with van der Waals surface area (Å²) < 4.78 is 5.34. The third kappa shape index (κ3) is 1.01. The average molecular weight is 181 g/mol. The van der Waals surface area contributed by atoms with Gasteiger partial charge < -0.3 is 4.42 Å². The molecule has 0 amide bonds. The Balaban J connectivity index is 2.83. The number of fused-ring (bicyclic) bond motifs is 1. The van der Waals surface area contributed by atoms with Gasteiger partial charge in [-0.3, -0.25) is 0 Å². The normalized spacial score (nSPS) is 10.8. The lowest BCUT2D eigenvalue weighted by atomic mass is 10.1. The molecule has 0 N–H and O–H groups in total. The predicted octanol–water partition coefficient (Wildman–Crippen LogP) is 3.65. The van der Waals surface area contributed by atoms with Gasteiger partial charge in [0.1, 0.15) is 5.58 Å². The molecule has 1 aromatic carbocycles. The molecule has 0 aliphatic carbocycles. The van der Waals surface area contributed by atoms with E-state index >= 15 is 0 Å². The average Bonchev–Trinajstić information content (AvgIpc) is 2.49. The minimum atomic E-state index is 0.776. The van der Waals surface area contributed by atoms with Gasteiger partial charge in [-0.2, -0.15) is 0 Å². The molecule has 0 fully saturated rings. The molecule has 0 saturated heterocycles. The van der Waals surface area contributed by atoms with Gasteiger partial charge in [-0.15, -0.1) is 0 Å². The maximum absolute atomic E-state index is 6.02. The van der Waals surface area contributed by atoms with Crippen LogP contribution in [-0.4, -0.2) is 0 Å². The molecule has 1 nitrogen and oxygen atoms in total. The fourth-order valence-corrected chi connectivity index (χ4v) is 1.66. The lowest BCUT2D eigenvalue weighted by Crippen LogP contribution is -1.75. The van der Waals surface area contributed by atoms with Crippen LogP contribution in [0.2, 0.25) is 5.02 Å². The largest absolute Gasteiger partial charge is 0.464 e. The van der Waals surface area contributed by atoms with Crippen molar-refractivity contribution in [2.45, 2.75) is 13.3 Å². The second kappa shape index (κ2) is 2.83. The second-order valence-electron chi connectivity index (χ2n) is 2.73. The number of furan rings is 1. The molecular weight excluding hydrogens is 172 g/mol. The number of hydrogen-bond acceptors (Lipinski definition) is 1. The second-order valence-corrected chi connectivity index (χ2v) is 3.13. The zero-order valence-corrected chi connectivity index (χ0v) is 7.56. The van der Waals surface area contributed by atoms with Crippen molar-refractivity contribution in [3.05, 3.63) is 35.0 Å². The molecule has 2 heteroatoms. The van der Waals surface area contributed by atoms with E-state index in [1.54, 1.807) is 6.26 Å². The summed E-state index contributed by atoms with van der Waals surface area (Å²) in [5, 5.41) is 1.83. The molecule has 0 aliphatic rings. The highest BCUT2D eigenvalue weighted by Crippen LogP contribution is 2.28. The third-order valence-corrected chi connectivity index (χ3v) is 2.32. The number of benzene rings is 1. The van der Waals surface area contributed by atoms with Crippen LogP contribution >= 0.6 is 11.6 Å².